The number of nitrogens with zero attached hydrogens (tertiary/aromatic N) is 4. The molecule has 0 bridgehead atoms. The SMILES string of the molecule is CCCNc1ccc(C(=O)N2CCN(Cc3ccccc3)CC2)nn1. The van der Waals surface area contributed by atoms with Crippen LogP contribution in [0.2, 0.25) is 0 Å². The Balaban J connectivity index is 1.51. The molecule has 3 rings (SSSR count). The Bertz CT molecular complexity index is 666. The zero-order valence-electron chi connectivity index (χ0n) is 14.7. The van der Waals surface area contributed by atoms with Crippen LogP contribution in [-0.4, -0.2) is 58.6 Å². The van der Waals surface area contributed by atoms with Gasteiger partial charge in [0, 0.05) is 39.3 Å². The minimum Gasteiger partial charge on any atom is -0.369 e. The lowest BCUT2D eigenvalue weighted by Crippen LogP contribution is -2.48. The monoisotopic (exact) mass is 339 g/mol. The summed E-state index contributed by atoms with van der Waals surface area (Å²) in [7, 11) is 0. The standard InChI is InChI=1S/C19H25N5O/c1-2-10-20-18-9-8-17(21-22-18)19(25)24-13-11-23(12-14-24)15-16-6-4-3-5-7-16/h3-9H,2,10-15H2,1H3,(H,20,22). The van der Waals surface area contributed by atoms with E-state index in [1.165, 1.54) is 5.56 Å². The van der Waals surface area contributed by atoms with Crippen LogP contribution in [0, 0.1) is 0 Å². The molecule has 0 unspecified atom stereocenters. The van der Waals surface area contributed by atoms with Gasteiger partial charge in [0.25, 0.3) is 5.91 Å². The highest BCUT2D eigenvalue weighted by molar-refractivity contribution is 5.92. The van der Waals surface area contributed by atoms with Crippen molar-refractivity contribution < 1.29 is 4.79 Å². The summed E-state index contributed by atoms with van der Waals surface area (Å²) in [5.74, 6) is 0.681. The molecule has 2 heterocycles. The number of benzene rings is 1. The van der Waals surface area contributed by atoms with E-state index in [9.17, 15) is 4.79 Å². The fourth-order valence-electron chi connectivity index (χ4n) is 2.91. The zero-order valence-corrected chi connectivity index (χ0v) is 14.7. The van der Waals surface area contributed by atoms with Crippen molar-refractivity contribution >= 4 is 11.7 Å². The summed E-state index contributed by atoms with van der Waals surface area (Å²) in [4.78, 5) is 16.8. The van der Waals surface area contributed by atoms with E-state index in [-0.39, 0.29) is 5.91 Å². The minimum absolute atomic E-state index is 0.0334. The summed E-state index contributed by atoms with van der Waals surface area (Å²) < 4.78 is 0. The second-order valence-corrected chi connectivity index (χ2v) is 6.28. The number of carbonyl (C=O) groups is 1. The number of anilines is 1. The molecule has 0 aliphatic carbocycles. The van der Waals surface area contributed by atoms with Crippen molar-refractivity contribution in [1.29, 1.82) is 0 Å². The highest BCUT2D eigenvalue weighted by atomic mass is 16.2. The van der Waals surface area contributed by atoms with Gasteiger partial charge in [0.1, 0.15) is 5.82 Å². The molecule has 6 nitrogen and oxygen atoms in total. The van der Waals surface area contributed by atoms with E-state index >= 15 is 0 Å². The van der Waals surface area contributed by atoms with E-state index in [4.69, 9.17) is 0 Å². The van der Waals surface area contributed by atoms with Gasteiger partial charge >= 0.3 is 0 Å². The third-order valence-electron chi connectivity index (χ3n) is 4.35. The van der Waals surface area contributed by atoms with E-state index in [0.717, 1.165) is 45.7 Å². The summed E-state index contributed by atoms with van der Waals surface area (Å²) in [6, 6.07) is 14.0. The summed E-state index contributed by atoms with van der Waals surface area (Å²) in [6.45, 7) is 7.09. The lowest BCUT2D eigenvalue weighted by molar-refractivity contribution is 0.0621. The van der Waals surface area contributed by atoms with Crippen LogP contribution in [0.5, 0.6) is 0 Å². The second-order valence-electron chi connectivity index (χ2n) is 6.28. The summed E-state index contributed by atoms with van der Waals surface area (Å²) in [5.41, 5.74) is 1.72. The molecule has 0 atom stereocenters. The van der Waals surface area contributed by atoms with Gasteiger partial charge in [-0.2, -0.15) is 0 Å². The number of amides is 1. The molecule has 1 saturated heterocycles. The molecule has 1 aromatic carbocycles. The van der Waals surface area contributed by atoms with Gasteiger partial charge in [-0.1, -0.05) is 37.3 Å². The number of piperazine rings is 1. The number of hydrogen-bond donors (Lipinski definition) is 1. The van der Waals surface area contributed by atoms with Gasteiger partial charge in [0.2, 0.25) is 0 Å². The van der Waals surface area contributed by atoms with Crippen LogP contribution in [0.4, 0.5) is 5.82 Å². The molecule has 6 heteroatoms. The van der Waals surface area contributed by atoms with Crippen molar-refractivity contribution in [2.24, 2.45) is 0 Å². The lowest BCUT2D eigenvalue weighted by Gasteiger charge is -2.34. The highest BCUT2D eigenvalue weighted by Crippen LogP contribution is 2.11. The van der Waals surface area contributed by atoms with Crippen LogP contribution in [0.3, 0.4) is 0 Å². The number of rotatable bonds is 6. The van der Waals surface area contributed by atoms with Crippen molar-refractivity contribution in [2.75, 3.05) is 38.0 Å². The van der Waals surface area contributed by atoms with Crippen molar-refractivity contribution in [2.45, 2.75) is 19.9 Å². The van der Waals surface area contributed by atoms with E-state index in [1.807, 2.05) is 17.0 Å². The Morgan fingerprint density at radius 3 is 2.44 bits per heavy atom. The van der Waals surface area contributed by atoms with Gasteiger partial charge in [-0.05, 0) is 24.1 Å². The van der Waals surface area contributed by atoms with Gasteiger partial charge < -0.3 is 10.2 Å². The highest BCUT2D eigenvalue weighted by Gasteiger charge is 2.23. The van der Waals surface area contributed by atoms with Crippen molar-refractivity contribution in [3.63, 3.8) is 0 Å². The fraction of sp³-hybridized carbons (Fsp3) is 0.421. The van der Waals surface area contributed by atoms with Gasteiger partial charge in [-0.15, -0.1) is 10.2 Å². The number of nitrogens with one attached hydrogen (secondary N) is 1. The van der Waals surface area contributed by atoms with Gasteiger partial charge in [0.05, 0.1) is 0 Å². The first-order valence-corrected chi connectivity index (χ1v) is 8.89. The molecule has 1 N–H and O–H groups in total. The molecular weight excluding hydrogens is 314 g/mol. The third kappa shape index (κ3) is 4.76. The average Bonchev–Trinajstić information content (AvgIpc) is 2.68. The molecule has 25 heavy (non-hydrogen) atoms. The summed E-state index contributed by atoms with van der Waals surface area (Å²) in [6.07, 6.45) is 1.02. The normalized spacial score (nSPS) is 15.2. The van der Waals surface area contributed by atoms with Crippen LogP contribution in [0.25, 0.3) is 0 Å². The van der Waals surface area contributed by atoms with Crippen molar-refractivity contribution in [3.05, 3.63) is 53.7 Å². The Labute approximate surface area is 148 Å². The molecule has 1 fully saturated rings. The molecule has 0 spiro atoms. The fourth-order valence-corrected chi connectivity index (χ4v) is 2.91. The lowest BCUT2D eigenvalue weighted by atomic mass is 10.2. The molecule has 2 aromatic rings. The maximum Gasteiger partial charge on any atom is 0.274 e. The Hall–Kier alpha value is -2.47. The van der Waals surface area contributed by atoms with E-state index in [2.05, 4.69) is 51.6 Å². The van der Waals surface area contributed by atoms with Gasteiger partial charge in [-0.25, -0.2) is 0 Å². The molecule has 1 amide bonds. The van der Waals surface area contributed by atoms with Crippen LogP contribution in [-0.2, 0) is 6.54 Å². The Kier molecular flexibility index (Phi) is 5.95. The first-order chi connectivity index (χ1) is 12.3. The molecule has 132 valence electrons. The maximum absolute atomic E-state index is 12.6. The van der Waals surface area contributed by atoms with Gasteiger partial charge in [0.15, 0.2) is 5.69 Å². The van der Waals surface area contributed by atoms with Crippen LogP contribution in [0.1, 0.15) is 29.4 Å². The molecule has 0 saturated carbocycles. The van der Waals surface area contributed by atoms with Crippen molar-refractivity contribution in [1.82, 2.24) is 20.0 Å². The van der Waals surface area contributed by atoms with E-state index in [0.29, 0.717) is 11.5 Å². The predicted octanol–water partition coefficient (Wildman–Crippen LogP) is 2.26. The van der Waals surface area contributed by atoms with Gasteiger partial charge in [-0.3, -0.25) is 9.69 Å². The quantitative estimate of drug-likeness (QED) is 0.875. The van der Waals surface area contributed by atoms with E-state index in [1.54, 1.807) is 6.07 Å². The first kappa shape index (κ1) is 17.4. The third-order valence-corrected chi connectivity index (χ3v) is 4.35. The van der Waals surface area contributed by atoms with Crippen LogP contribution >= 0.6 is 0 Å². The zero-order chi connectivity index (χ0) is 17.5. The molecular formula is C19H25N5O. The molecule has 0 radical (unpaired) electrons. The second kappa shape index (κ2) is 8.58. The van der Waals surface area contributed by atoms with E-state index < -0.39 is 0 Å². The first-order valence-electron chi connectivity index (χ1n) is 8.89. The summed E-state index contributed by atoms with van der Waals surface area (Å²) >= 11 is 0. The van der Waals surface area contributed by atoms with Crippen LogP contribution in [0.15, 0.2) is 42.5 Å². The van der Waals surface area contributed by atoms with Crippen LogP contribution < -0.4 is 5.32 Å². The minimum atomic E-state index is -0.0334. The molecule has 1 aromatic heterocycles. The average molecular weight is 339 g/mol. The number of aromatic nitrogens is 2. The molecule has 1 aliphatic rings. The maximum atomic E-state index is 12.6. The largest absolute Gasteiger partial charge is 0.369 e. The Morgan fingerprint density at radius 1 is 1.04 bits per heavy atom. The number of carbonyl (C=O) groups excluding carboxylic acids is 1. The molecule has 1 aliphatic heterocycles. The smallest absolute Gasteiger partial charge is 0.274 e. The topological polar surface area (TPSA) is 61.4 Å². The predicted molar refractivity (Wildman–Crippen MR) is 98.4 cm³/mol. The summed E-state index contributed by atoms with van der Waals surface area (Å²) in [5, 5.41) is 11.3. The number of hydrogen-bond acceptors (Lipinski definition) is 5. The Morgan fingerprint density at radius 2 is 1.80 bits per heavy atom. The van der Waals surface area contributed by atoms with Crippen molar-refractivity contribution in [3.8, 4) is 0 Å².